The van der Waals surface area contributed by atoms with Crippen molar-refractivity contribution < 1.29 is 20.1 Å². The van der Waals surface area contributed by atoms with Gasteiger partial charge in [0.1, 0.15) is 11.5 Å². The average molecular weight is 383 g/mol. The molecule has 0 radical (unpaired) electrons. The fourth-order valence-corrected chi connectivity index (χ4v) is 5.05. The van der Waals surface area contributed by atoms with Gasteiger partial charge in [-0.25, -0.2) is 0 Å². The minimum atomic E-state index is -0.790. The number of aliphatic hydroxyl groups is 2. The van der Waals surface area contributed by atoms with Gasteiger partial charge in [-0.2, -0.15) is 0 Å². The Bertz CT molecular complexity index is 793. The molecule has 1 saturated carbocycles. The van der Waals surface area contributed by atoms with E-state index in [2.05, 4.69) is 4.90 Å². The second-order valence-corrected chi connectivity index (χ2v) is 8.35. The van der Waals surface area contributed by atoms with Gasteiger partial charge >= 0.3 is 0 Å². The lowest BCUT2D eigenvalue weighted by Crippen LogP contribution is -2.39. The van der Waals surface area contributed by atoms with E-state index in [0.717, 1.165) is 49.2 Å². The first-order valence-corrected chi connectivity index (χ1v) is 10.0. The number of hydrogen-bond acceptors (Lipinski definition) is 5. The van der Waals surface area contributed by atoms with Crippen molar-refractivity contribution in [2.75, 3.05) is 26.8 Å². The van der Waals surface area contributed by atoms with Crippen LogP contribution in [0.15, 0.2) is 48.5 Å². The molecule has 3 N–H and O–H groups in total. The van der Waals surface area contributed by atoms with Gasteiger partial charge in [-0.1, -0.05) is 24.3 Å². The summed E-state index contributed by atoms with van der Waals surface area (Å²) < 4.78 is 5.32. The quantitative estimate of drug-likeness (QED) is 0.715. The lowest BCUT2D eigenvalue weighted by atomic mass is 9.90. The van der Waals surface area contributed by atoms with Crippen LogP contribution in [0.25, 0.3) is 0 Å². The molecule has 3 atom stereocenters. The molecule has 150 valence electrons. The molecule has 5 heteroatoms. The van der Waals surface area contributed by atoms with Crippen molar-refractivity contribution in [3.63, 3.8) is 0 Å². The first kappa shape index (κ1) is 19.2. The summed E-state index contributed by atoms with van der Waals surface area (Å²) in [5, 5.41) is 30.7. The van der Waals surface area contributed by atoms with Crippen LogP contribution in [0, 0.1) is 11.8 Å². The number of phenolic OH excluding ortho intramolecular Hbond substituents is 1. The Morgan fingerprint density at radius 1 is 1.11 bits per heavy atom. The van der Waals surface area contributed by atoms with Crippen molar-refractivity contribution in [2.24, 2.45) is 11.8 Å². The van der Waals surface area contributed by atoms with Gasteiger partial charge in [0.2, 0.25) is 0 Å². The number of hydrogen-bond donors (Lipinski definition) is 3. The van der Waals surface area contributed by atoms with Gasteiger partial charge in [-0.05, 0) is 66.5 Å². The summed E-state index contributed by atoms with van der Waals surface area (Å²) in [5.41, 5.74) is 1.26. The molecule has 2 aromatic carbocycles. The fraction of sp³-hybridized carbons (Fsp3) is 0.478. The van der Waals surface area contributed by atoms with Crippen molar-refractivity contribution in [3.05, 3.63) is 59.7 Å². The van der Waals surface area contributed by atoms with Crippen LogP contribution in [0.5, 0.6) is 11.5 Å². The molecule has 1 saturated heterocycles. The number of methoxy groups -OCH3 is 1. The maximum absolute atomic E-state index is 11.3. The third kappa shape index (κ3) is 3.75. The number of benzene rings is 2. The maximum Gasteiger partial charge on any atom is 0.119 e. The van der Waals surface area contributed by atoms with Crippen LogP contribution < -0.4 is 4.74 Å². The number of likely N-dealkylation sites (tertiary alicyclic amines) is 1. The summed E-state index contributed by atoms with van der Waals surface area (Å²) in [6, 6.07) is 15.1. The van der Waals surface area contributed by atoms with Crippen molar-refractivity contribution in [1.82, 2.24) is 4.90 Å². The van der Waals surface area contributed by atoms with E-state index >= 15 is 0 Å². The monoisotopic (exact) mass is 383 g/mol. The standard InChI is InChI=1S/C23H29NO4/c1-28-22-4-2-3-19(10-22)23(27)11-17-13-24(14-18(17)12-23)20(15-25)9-16-5-7-21(26)8-6-16/h2-8,10,17-18,20,25-27H,9,11-15H2,1H3. The molecular formula is C23H29NO4. The molecule has 1 aliphatic carbocycles. The molecular weight excluding hydrogens is 354 g/mol. The third-order valence-corrected chi connectivity index (χ3v) is 6.55. The minimum Gasteiger partial charge on any atom is -0.508 e. The van der Waals surface area contributed by atoms with Gasteiger partial charge in [0, 0.05) is 19.1 Å². The summed E-state index contributed by atoms with van der Waals surface area (Å²) >= 11 is 0. The zero-order valence-electron chi connectivity index (χ0n) is 16.3. The molecule has 0 bridgehead atoms. The van der Waals surface area contributed by atoms with Gasteiger partial charge < -0.3 is 20.1 Å². The van der Waals surface area contributed by atoms with E-state index in [1.54, 1.807) is 19.2 Å². The Morgan fingerprint density at radius 3 is 2.39 bits per heavy atom. The van der Waals surface area contributed by atoms with Crippen LogP contribution >= 0.6 is 0 Å². The van der Waals surface area contributed by atoms with Crippen molar-refractivity contribution in [3.8, 4) is 11.5 Å². The Morgan fingerprint density at radius 2 is 1.79 bits per heavy atom. The molecule has 2 aromatic rings. The number of ether oxygens (including phenoxy) is 1. The first-order valence-electron chi connectivity index (χ1n) is 10.0. The second kappa shape index (κ2) is 7.74. The molecule has 2 aliphatic rings. The lowest BCUT2D eigenvalue weighted by Gasteiger charge is -2.30. The van der Waals surface area contributed by atoms with Crippen molar-refractivity contribution in [1.29, 1.82) is 0 Å². The van der Waals surface area contributed by atoms with Gasteiger partial charge in [0.05, 0.1) is 19.3 Å². The topological polar surface area (TPSA) is 73.2 Å². The third-order valence-electron chi connectivity index (χ3n) is 6.55. The number of nitrogens with zero attached hydrogens (tertiary/aromatic N) is 1. The molecule has 28 heavy (non-hydrogen) atoms. The van der Waals surface area contributed by atoms with E-state index in [1.807, 2.05) is 36.4 Å². The van der Waals surface area contributed by atoms with E-state index in [0.29, 0.717) is 11.8 Å². The predicted octanol–water partition coefficient (Wildman–Crippen LogP) is 2.53. The summed E-state index contributed by atoms with van der Waals surface area (Å²) in [5.74, 6) is 1.91. The highest BCUT2D eigenvalue weighted by Gasteiger charge is 2.49. The Hall–Kier alpha value is -2.08. The van der Waals surface area contributed by atoms with Crippen LogP contribution in [0.4, 0.5) is 0 Å². The van der Waals surface area contributed by atoms with E-state index in [-0.39, 0.29) is 18.4 Å². The van der Waals surface area contributed by atoms with Crippen LogP contribution in [0.3, 0.4) is 0 Å². The van der Waals surface area contributed by atoms with E-state index < -0.39 is 5.60 Å². The first-order chi connectivity index (χ1) is 13.5. The number of aliphatic hydroxyl groups excluding tert-OH is 1. The molecule has 1 heterocycles. The van der Waals surface area contributed by atoms with Crippen LogP contribution in [-0.2, 0) is 12.0 Å². The number of phenols is 1. The fourth-order valence-electron chi connectivity index (χ4n) is 5.05. The molecule has 3 unspecified atom stereocenters. The zero-order valence-corrected chi connectivity index (χ0v) is 16.3. The molecule has 0 spiro atoms. The molecule has 5 nitrogen and oxygen atoms in total. The Kier molecular flexibility index (Phi) is 5.32. The molecule has 0 aromatic heterocycles. The summed E-state index contributed by atoms with van der Waals surface area (Å²) in [6.07, 6.45) is 2.26. The van der Waals surface area contributed by atoms with E-state index in [4.69, 9.17) is 4.74 Å². The van der Waals surface area contributed by atoms with Crippen molar-refractivity contribution >= 4 is 0 Å². The molecule has 1 aliphatic heterocycles. The molecule has 0 amide bonds. The van der Waals surface area contributed by atoms with E-state index in [9.17, 15) is 15.3 Å². The number of aromatic hydroxyl groups is 1. The summed E-state index contributed by atoms with van der Waals surface area (Å²) in [7, 11) is 1.65. The average Bonchev–Trinajstić information content (AvgIpc) is 3.23. The Labute approximate surface area is 166 Å². The molecule has 4 rings (SSSR count). The van der Waals surface area contributed by atoms with Gasteiger partial charge in [-0.3, -0.25) is 4.90 Å². The predicted molar refractivity (Wildman–Crippen MR) is 107 cm³/mol. The minimum absolute atomic E-state index is 0.0695. The summed E-state index contributed by atoms with van der Waals surface area (Å²) in [4.78, 5) is 2.37. The second-order valence-electron chi connectivity index (χ2n) is 8.35. The maximum atomic E-state index is 11.3. The van der Waals surface area contributed by atoms with Crippen LogP contribution in [-0.4, -0.2) is 53.1 Å². The van der Waals surface area contributed by atoms with Gasteiger partial charge in [-0.15, -0.1) is 0 Å². The van der Waals surface area contributed by atoms with Crippen molar-refractivity contribution in [2.45, 2.75) is 30.9 Å². The highest BCUT2D eigenvalue weighted by molar-refractivity contribution is 5.33. The van der Waals surface area contributed by atoms with Gasteiger partial charge in [0.25, 0.3) is 0 Å². The molecule has 2 fully saturated rings. The Balaban J connectivity index is 1.42. The summed E-state index contributed by atoms with van der Waals surface area (Å²) in [6.45, 7) is 1.92. The largest absolute Gasteiger partial charge is 0.508 e. The number of fused-ring (bicyclic) bond motifs is 1. The number of rotatable bonds is 6. The van der Waals surface area contributed by atoms with Crippen LogP contribution in [0.1, 0.15) is 24.0 Å². The normalized spacial score (nSPS) is 28.2. The van der Waals surface area contributed by atoms with E-state index in [1.165, 1.54) is 0 Å². The van der Waals surface area contributed by atoms with Crippen LogP contribution in [0.2, 0.25) is 0 Å². The highest BCUT2D eigenvalue weighted by Crippen LogP contribution is 2.49. The lowest BCUT2D eigenvalue weighted by molar-refractivity contribution is 0.0271. The SMILES string of the molecule is COc1cccc(C2(O)CC3CN(C(CO)Cc4ccc(O)cc4)CC3C2)c1. The smallest absolute Gasteiger partial charge is 0.119 e. The zero-order chi connectivity index (χ0) is 19.7. The van der Waals surface area contributed by atoms with Gasteiger partial charge in [0.15, 0.2) is 0 Å². The highest BCUT2D eigenvalue weighted by atomic mass is 16.5.